The lowest BCUT2D eigenvalue weighted by molar-refractivity contribution is 1.18. The van der Waals surface area contributed by atoms with Gasteiger partial charge in [-0.1, -0.05) is 24.3 Å². The molecule has 2 nitrogen and oxygen atoms in total. The van der Waals surface area contributed by atoms with Gasteiger partial charge in [-0.2, -0.15) is 0 Å². The summed E-state index contributed by atoms with van der Waals surface area (Å²) in [7, 11) is 0. The molecule has 0 unspecified atom stereocenters. The Morgan fingerprint density at radius 3 is 3.18 bits per heavy atom. The molecule has 0 aromatic carbocycles. The van der Waals surface area contributed by atoms with Crippen LogP contribution in [0.15, 0.2) is 45.9 Å². The maximum atomic E-state index is 4.14. The van der Waals surface area contributed by atoms with Gasteiger partial charge in [0.1, 0.15) is 6.34 Å². The monoisotopic (exact) mass is 144 g/mol. The second kappa shape index (κ2) is 2.66. The summed E-state index contributed by atoms with van der Waals surface area (Å²) in [6.45, 7) is 0.757. The van der Waals surface area contributed by atoms with Crippen molar-refractivity contribution < 1.29 is 0 Å². The van der Waals surface area contributed by atoms with Crippen molar-refractivity contribution in [2.45, 2.75) is 0 Å². The summed E-state index contributed by atoms with van der Waals surface area (Å²) >= 11 is 0. The molecule has 0 fully saturated rings. The van der Waals surface area contributed by atoms with E-state index in [9.17, 15) is 0 Å². The minimum absolute atomic E-state index is 0.757. The van der Waals surface area contributed by atoms with Crippen LogP contribution in [-0.2, 0) is 0 Å². The summed E-state index contributed by atoms with van der Waals surface area (Å²) in [5, 5.41) is 0. The topological polar surface area (TPSA) is 24.7 Å². The van der Waals surface area contributed by atoms with E-state index < -0.39 is 0 Å². The number of nitrogens with zero attached hydrogens (tertiary/aromatic N) is 2. The molecule has 2 aliphatic rings. The average molecular weight is 144 g/mol. The fourth-order valence-corrected chi connectivity index (χ4v) is 1.08. The van der Waals surface area contributed by atoms with Gasteiger partial charge in [0.15, 0.2) is 0 Å². The van der Waals surface area contributed by atoms with Gasteiger partial charge in [0.05, 0.1) is 12.3 Å². The smallest absolute Gasteiger partial charge is 0.110 e. The molecule has 1 heterocycles. The number of hydrogen-bond acceptors (Lipinski definition) is 2. The highest BCUT2D eigenvalue weighted by atomic mass is 14.9. The predicted octanol–water partition coefficient (Wildman–Crippen LogP) is 1.52. The summed E-state index contributed by atoms with van der Waals surface area (Å²) in [5.41, 5.74) is 2.22. The molecule has 0 saturated carbocycles. The Hall–Kier alpha value is -1.44. The standard InChI is InChI=1S/C9H8N2/c1-2-4-8-6-10-7-11-9(8)5-3-1/h1-5,7H,6H2. The van der Waals surface area contributed by atoms with Crippen molar-refractivity contribution in [3.05, 3.63) is 36.0 Å². The molecule has 0 atom stereocenters. The molecule has 1 aliphatic heterocycles. The van der Waals surface area contributed by atoms with Crippen LogP contribution in [0.2, 0.25) is 0 Å². The van der Waals surface area contributed by atoms with E-state index in [0.29, 0.717) is 0 Å². The molecule has 1 aliphatic carbocycles. The molecule has 0 spiro atoms. The van der Waals surface area contributed by atoms with E-state index in [0.717, 1.165) is 12.3 Å². The fraction of sp³-hybridized carbons (Fsp3) is 0.111. The molecule has 0 bridgehead atoms. The van der Waals surface area contributed by atoms with E-state index in [2.05, 4.69) is 16.1 Å². The summed E-state index contributed by atoms with van der Waals surface area (Å²) in [4.78, 5) is 8.20. The number of aliphatic imine (C=N–C) groups is 2. The van der Waals surface area contributed by atoms with Gasteiger partial charge in [-0.3, -0.25) is 4.99 Å². The first-order valence-electron chi connectivity index (χ1n) is 3.57. The molecular formula is C9H8N2. The van der Waals surface area contributed by atoms with Crippen molar-refractivity contribution >= 4 is 12.1 Å². The molecule has 0 aromatic heterocycles. The van der Waals surface area contributed by atoms with Gasteiger partial charge in [0, 0.05) is 0 Å². The first-order chi connectivity index (χ1) is 5.47. The molecule has 0 N–H and O–H groups in total. The van der Waals surface area contributed by atoms with E-state index >= 15 is 0 Å². The molecule has 0 amide bonds. The Labute approximate surface area is 65.4 Å². The van der Waals surface area contributed by atoms with Crippen LogP contribution < -0.4 is 0 Å². The Bertz CT molecular complexity index is 304. The van der Waals surface area contributed by atoms with Gasteiger partial charge in [-0.25, -0.2) is 4.99 Å². The normalized spacial score (nSPS) is 20.4. The molecule has 0 saturated heterocycles. The van der Waals surface area contributed by atoms with Crippen molar-refractivity contribution in [1.29, 1.82) is 0 Å². The van der Waals surface area contributed by atoms with Gasteiger partial charge < -0.3 is 0 Å². The minimum atomic E-state index is 0.757. The van der Waals surface area contributed by atoms with Gasteiger partial charge in [-0.15, -0.1) is 0 Å². The Balaban J connectivity index is 2.44. The van der Waals surface area contributed by atoms with E-state index in [4.69, 9.17) is 0 Å². The van der Waals surface area contributed by atoms with Crippen molar-refractivity contribution in [3.63, 3.8) is 0 Å². The Kier molecular flexibility index (Phi) is 1.52. The summed E-state index contributed by atoms with van der Waals surface area (Å²) in [6, 6.07) is 0. The zero-order valence-corrected chi connectivity index (χ0v) is 6.07. The summed E-state index contributed by atoms with van der Waals surface area (Å²) < 4.78 is 0. The van der Waals surface area contributed by atoms with Gasteiger partial charge in [0.2, 0.25) is 0 Å². The first-order valence-corrected chi connectivity index (χ1v) is 3.57. The van der Waals surface area contributed by atoms with Gasteiger partial charge in [-0.05, 0) is 11.6 Å². The van der Waals surface area contributed by atoms with E-state index in [1.165, 1.54) is 5.57 Å². The highest BCUT2D eigenvalue weighted by Crippen LogP contribution is 2.07. The van der Waals surface area contributed by atoms with Crippen molar-refractivity contribution in [2.24, 2.45) is 9.98 Å². The second-order valence-corrected chi connectivity index (χ2v) is 2.41. The predicted molar refractivity (Wildman–Crippen MR) is 47.2 cm³/mol. The SMILES string of the molecule is C1=CC=C2CN=CN=C2C=C1. The number of hydrogen-bond donors (Lipinski definition) is 0. The highest BCUT2D eigenvalue weighted by Gasteiger charge is 2.05. The summed E-state index contributed by atoms with van der Waals surface area (Å²) in [5.74, 6) is 0. The number of allylic oxidation sites excluding steroid dienone is 5. The molecule has 54 valence electrons. The minimum Gasteiger partial charge on any atom is -0.269 e. The van der Waals surface area contributed by atoms with E-state index in [-0.39, 0.29) is 0 Å². The molecule has 2 heteroatoms. The van der Waals surface area contributed by atoms with Gasteiger partial charge >= 0.3 is 0 Å². The Morgan fingerprint density at radius 2 is 2.18 bits per heavy atom. The molecule has 11 heavy (non-hydrogen) atoms. The van der Waals surface area contributed by atoms with Gasteiger partial charge in [0.25, 0.3) is 0 Å². The number of fused-ring (bicyclic) bond motifs is 1. The third-order valence-corrected chi connectivity index (χ3v) is 1.64. The van der Waals surface area contributed by atoms with Crippen LogP contribution in [0.25, 0.3) is 0 Å². The highest BCUT2D eigenvalue weighted by molar-refractivity contribution is 6.13. The second-order valence-electron chi connectivity index (χ2n) is 2.41. The largest absolute Gasteiger partial charge is 0.269 e. The van der Waals surface area contributed by atoms with E-state index in [1.54, 1.807) is 6.34 Å². The average Bonchev–Trinajstić information content (AvgIpc) is 2.28. The third-order valence-electron chi connectivity index (χ3n) is 1.64. The summed E-state index contributed by atoms with van der Waals surface area (Å²) in [6.07, 6.45) is 11.7. The maximum absolute atomic E-state index is 4.14. The molecule has 0 aromatic rings. The lowest BCUT2D eigenvalue weighted by atomic mass is 10.1. The quantitative estimate of drug-likeness (QED) is 0.492. The van der Waals surface area contributed by atoms with Crippen LogP contribution in [-0.4, -0.2) is 18.6 Å². The first kappa shape index (κ1) is 6.28. The Morgan fingerprint density at radius 1 is 1.18 bits per heavy atom. The maximum Gasteiger partial charge on any atom is 0.110 e. The lowest BCUT2D eigenvalue weighted by Crippen LogP contribution is -2.06. The van der Waals surface area contributed by atoms with Crippen LogP contribution in [0.3, 0.4) is 0 Å². The number of rotatable bonds is 0. The zero-order valence-electron chi connectivity index (χ0n) is 6.07. The molecule has 0 radical (unpaired) electrons. The van der Waals surface area contributed by atoms with Crippen LogP contribution in [0.1, 0.15) is 0 Å². The van der Waals surface area contributed by atoms with Crippen LogP contribution in [0.5, 0.6) is 0 Å². The fourth-order valence-electron chi connectivity index (χ4n) is 1.08. The lowest BCUT2D eigenvalue weighted by Gasteiger charge is -2.05. The third kappa shape index (κ3) is 1.19. The van der Waals surface area contributed by atoms with Crippen molar-refractivity contribution in [1.82, 2.24) is 0 Å². The van der Waals surface area contributed by atoms with Crippen LogP contribution in [0, 0.1) is 0 Å². The van der Waals surface area contributed by atoms with Crippen LogP contribution >= 0.6 is 0 Å². The zero-order chi connectivity index (χ0) is 7.52. The van der Waals surface area contributed by atoms with E-state index in [1.807, 2.05) is 24.3 Å². The molecule has 2 rings (SSSR count). The van der Waals surface area contributed by atoms with Crippen molar-refractivity contribution in [3.8, 4) is 0 Å². The molecular weight excluding hydrogens is 136 g/mol. The van der Waals surface area contributed by atoms with Crippen LogP contribution in [0.4, 0.5) is 0 Å². The van der Waals surface area contributed by atoms with Crippen molar-refractivity contribution in [2.75, 3.05) is 6.54 Å².